The molecule has 0 spiro atoms. The monoisotopic (exact) mass is 255 g/mol. The molecule has 2 aromatic heterocycles. The molecule has 2 heterocycles. The molecule has 16 heavy (non-hydrogen) atoms. The van der Waals surface area contributed by atoms with Gasteiger partial charge < -0.3 is 11.1 Å². The Balaban J connectivity index is 2.07. The van der Waals surface area contributed by atoms with E-state index < -0.39 is 0 Å². The van der Waals surface area contributed by atoms with Crippen LogP contribution in [0.4, 0.5) is 11.9 Å². The van der Waals surface area contributed by atoms with Crippen molar-refractivity contribution in [3.05, 3.63) is 27.2 Å². The van der Waals surface area contributed by atoms with E-state index in [-0.39, 0.29) is 11.2 Å². The minimum absolute atomic E-state index is 0.0945. The van der Waals surface area contributed by atoms with Gasteiger partial charge in [-0.1, -0.05) is 0 Å². The molecule has 2 aromatic rings. The van der Waals surface area contributed by atoms with Crippen LogP contribution in [0, 0.1) is 6.92 Å². The summed E-state index contributed by atoms with van der Waals surface area (Å²) < 4.78 is 0. The van der Waals surface area contributed by atoms with Crippen molar-refractivity contribution in [2.45, 2.75) is 13.5 Å². The van der Waals surface area contributed by atoms with Crippen molar-refractivity contribution in [3.63, 3.8) is 0 Å². The second kappa shape index (κ2) is 4.63. The molecule has 3 N–H and O–H groups in total. The zero-order chi connectivity index (χ0) is 11.5. The second-order valence-corrected chi connectivity index (χ2v) is 4.30. The lowest BCUT2D eigenvalue weighted by atomic mass is 10.2. The lowest BCUT2D eigenvalue weighted by Crippen LogP contribution is -2.07. The van der Waals surface area contributed by atoms with E-state index in [1.54, 1.807) is 11.3 Å². The van der Waals surface area contributed by atoms with E-state index in [1.807, 2.05) is 0 Å². The first-order valence-corrected chi connectivity index (χ1v) is 5.90. The normalized spacial score (nSPS) is 10.4. The molecule has 0 atom stereocenters. The zero-order valence-electron chi connectivity index (χ0n) is 8.57. The number of hydrogen-bond donors (Lipinski definition) is 2. The van der Waals surface area contributed by atoms with Crippen LogP contribution in [-0.2, 0) is 6.54 Å². The van der Waals surface area contributed by atoms with Gasteiger partial charge in [0.25, 0.3) is 0 Å². The average Bonchev–Trinajstić information content (AvgIpc) is 2.59. The summed E-state index contributed by atoms with van der Waals surface area (Å²) in [5.41, 5.74) is 7.90. The van der Waals surface area contributed by atoms with Gasteiger partial charge in [0.05, 0.1) is 0 Å². The van der Waals surface area contributed by atoms with Gasteiger partial charge in [0.2, 0.25) is 17.2 Å². The van der Waals surface area contributed by atoms with Crippen molar-refractivity contribution >= 4 is 34.8 Å². The molecule has 5 nitrogen and oxygen atoms in total. The fourth-order valence-electron chi connectivity index (χ4n) is 1.19. The summed E-state index contributed by atoms with van der Waals surface area (Å²) in [4.78, 5) is 11.5. The summed E-state index contributed by atoms with van der Waals surface area (Å²) in [5.74, 6) is 0.507. The van der Waals surface area contributed by atoms with E-state index in [1.165, 1.54) is 11.1 Å². The number of nitrogens with one attached hydrogen (secondary N) is 1. The molecule has 7 heteroatoms. The van der Waals surface area contributed by atoms with Crippen LogP contribution >= 0.6 is 22.9 Å². The topological polar surface area (TPSA) is 76.7 Å². The van der Waals surface area contributed by atoms with Gasteiger partial charge >= 0.3 is 0 Å². The maximum absolute atomic E-state index is 5.66. The van der Waals surface area contributed by atoms with Crippen LogP contribution in [0.1, 0.15) is 11.1 Å². The van der Waals surface area contributed by atoms with Gasteiger partial charge in [0.15, 0.2) is 0 Å². The van der Waals surface area contributed by atoms with Crippen LogP contribution in [0.15, 0.2) is 10.8 Å². The minimum atomic E-state index is 0.0945. The Morgan fingerprint density at radius 3 is 2.81 bits per heavy atom. The molecule has 0 amide bonds. The molecule has 0 radical (unpaired) electrons. The highest BCUT2D eigenvalue weighted by Gasteiger charge is 2.03. The third kappa shape index (κ3) is 2.59. The smallest absolute Gasteiger partial charge is 0.229 e. The van der Waals surface area contributed by atoms with Crippen molar-refractivity contribution in [1.29, 1.82) is 0 Å². The molecule has 0 aliphatic carbocycles. The van der Waals surface area contributed by atoms with Crippen LogP contribution in [0.25, 0.3) is 0 Å². The van der Waals surface area contributed by atoms with Gasteiger partial charge in [-0.25, -0.2) is 0 Å². The molecular formula is C9H10ClN5S. The van der Waals surface area contributed by atoms with E-state index in [0.717, 1.165) is 0 Å². The standard InChI is InChI=1S/C9H10ClN5S/c1-5-3-16-4-6(5)2-12-9-14-7(10)13-8(11)15-9/h3-4H,2H2,1H3,(H3,11,12,13,14,15). The number of nitrogen functional groups attached to an aromatic ring is 1. The lowest BCUT2D eigenvalue weighted by Gasteiger charge is -2.04. The van der Waals surface area contributed by atoms with Gasteiger partial charge in [-0.3, -0.25) is 0 Å². The van der Waals surface area contributed by atoms with E-state index in [9.17, 15) is 0 Å². The SMILES string of the molecule is Cc1cscc1CNc1nc(N)nc(Cl)n1. The van der Waals surface area contributed by atoms with Crippen molar-refractivity contribution in [3.8, 4) is 0 Å². The highest BCUT2D eigenvalue weighted by Crippen LogP contribution is 2.15. The Morgan fingerprint density at radius 2 is 2.19 bits per heavy atom. The number of anilines is 2. The zero-order valence-corrected chi connectivity index (χ0v) is 10.1. The molecule has 0 aliphatic rings. The van der Waals surface area contributed by atoms with Gasteiger partial charge in [-0.15, -0.1) is 0 Å². The fraction of sp³-hybridized carbons (Fsp3) is 0.222. The highest BCUT2D eigenvalue weighted by molar-refractivity contribution is 7.08. The third-order valence-electron chi connectivity index (χ3n) is 2.02. The van der Waals surface area contributed by atoms with Crippen molar-refractivity contribution in [1.82, 2.24) is 15.0 Å². The largest absolute Gasteiger partial charge is 0.368 e. The fourth-order valence-corrected chi connectivity index (χ4v) is 2.21. The number of rotatable bonds is 3. The van der Waals surface area contributed by atoms with Crippen molar-refractivity contribution in [2.75, 3.05) is 11.1 Å². The molecule has 0 aromatic carbocycles. The summed E-state index contributed by atoms with van der Waals surface area (Å²) in [5, 5.41) is 7.31. The highest BCUT2D eigenvalue weighted by atomic mass is 35.5. The Kier molecular flexibility index (Phi) is 3.21. The molecule has 0 fully saturated rings. The van der Waals surface area contributed by atoms with Crippen LogP contribution in [0.5, 0.6) is 0 Å². The van der Waals surface area contributed by atoms with E-state index in [0.29, 0.717) is 12.5 Å². The lowest BCUT2D eigenvalue weighted by molar-refractivity contribution is 1.01. The van der Waals surface area contributed by atoms with E-state index >= 15 is 0 Å². The van der Waals surface area contributed by atoms with Crippen LogP contribution in [-0.4, -0.2) is 15.0 Å². The number of nitrogens with zero attached hydrogens (tertiary/aromatic N) is 3. The van der Waals surface area contributed by atoms with Crippen LogP contribution in [0.2, 0.25) is 5.28 Å². The number of thiophene rings is 1. The molecule has 2 rings (SSSR count). The Morgan fingerprint density at radius 1 is 1.38 bits per heavy atom. The van der Waals surface area contributed by atoms with Gasteiger partial charge in [-0.05, 0) is 40.4 Å². The predicted molar refractivity (Wildman–Crippen MR) is 65.6 cm³/mol. The first-order valence-electron chi connectivity index (χ1n) is 4.58. The number of nitrogens with two attached hydrogens (primary N) is 1. The predicted octanol–water partition coefficient (Wildman–Crippen LogP) is 2.09. The first kappa shape index (κ1) is 11.1. The molecule has 0 saturated carbocycles. The maximum Gasteiger partial charge on any atom is 0.229 e. The van der Waals surface area contributed by atoms with Gasteiger partial charge in [-0.2, -0.15) is 26.3 Å². The Hall–Kier alpha value is -1.40. The maximum atomic E-state index is 5.66. The molecule has 0 unspecified atom stereocenters. The Bertz CT molecular complexity index is 478. The molecule has 0 aliphatic heterocycles. The summed E-state index contributed by atoms with van der Waals surface area (Å²) in [6, 6.07) is 0. The second-order valence-electron chi connectivity index (χ2n) is 3.22. The molecule has 0 bridgehead atoms. The Labute approximate surface area is 102 Å². The minimum Gasteiger partial charge on any atom is -0.368 e. The van der Waals surface area contributed by atoms with Crippen molar-refractivity contribution < 1.29 is 0 Å². The average molecular weight is 256 g/mol. The summed E-state index contributed by atoms with van der Waals surface area (Å²) >= 11 is 7.33. The summed E-state index contributed by atoms with van der Waals surface area (Å²) in [7, 11) is 0. The summed E-state index contributed by atoms with van der Waals surface area (Å²) in [6.45, 7) is 2.71. The van der Waals surface area contributed by atoms with Crippen LogP contribution < -0.4 is 11.1 Å². The van der Waals surface area contributed by atoms with E-state index in [2.05, 4.69) is 38.0 Å². The molecular weight excluding hydrogens is 246 g/mol. The number of hydrogen-bond acceptors (Lipinski definition) is 6. The third-order valence-corrected chi connectivity index (χ3v) is 3.10. The van der Waals surface area contributed by atoms with Crippen LogP contribution in [0.3, 0.4) is 0 Å². The number of aromatic nitrogens is 3. The summed E-state index contributed by atoms with van der Waals surface area (Å²) in [6.07, 6.45) is 0. The quantitative estimate of drug-likeness (QED) is 0.878. The molecule has 0 saturated heterocycles. The number of halogens is 1. The van der Waals surface area contributed by atoms with Crippen molar-refractivity contribution in [2.24, 2.45) is 0 Å². The van der Waals surface area contributed by atoms with Gasteiger partial charge in [0.1, 0.15) is 0 Å². The first-order chi connectivity index (χ1) is 7.65. The number of aryl methyl sites for hydroxylation is 1. The van der Waals surface area contributed by atoms with Gasteiger partial charge in [0, 0.05) is 6.54 Å². The van der Waals surface area contributed by atoms with E-state index in [4.69, 9.17) is 17.3 Å². The molecule has 84 valence electrons.